The number of nitrogens with zero attached hydrogens (tertiary/aromatic N) is 2. The molecule has 5 rings (SSSR count). The second-order valence-corrected chi connectivity index (χ2v) is 7.39. The zero-order chi connectivity index (χ0) is 13.6. The highest BCUT2D eigenvalue weighted by molar-refractivity contribution is 5.34. The van der Waals surface area contributed by atoms with Crippen LogP contribution in [0.1, 0.15) is 57.7 Å². The SMILES string of the molecule is CCCNc1ccnc(C23CC4CC(CC(C4)C2)C3)n1. The average molecular weight is 271 g/mol. The smallest absolute Gasteiger partial charge is 0.136 e. The molecule has 4 aliphatic rings. The summed E-state index contributed by atoms with van der Waals surface area (Å²) < 4.78 is 0. The first kappa shape index (κ1) is 12.6. The Kier molecular flexibility index (Phi) is 2.97. The summed E-state index contributed by atoms with van der Waals surface area (Å²) in [6, 6.07) is 2.01. The van der Waals surface area contributed by atoms with Gasteiger partial charge in [-0.15, -0.1) is 0 Å². The summed E-state index contributed by atoms with van der Waals surface area (Å²) in [6.45, 7) is 3.19. The van der Waals surface area contributed by atoms with Gasteiger partial charge in [0.1, 0.15) is 11.6 Å². The molecule has 1 aromatic heterocycles. The fourth-order valence-electron chi connectivity index (χ4n) is 5.35. The van der Waals surface area contributed by atoms with Crippen molar-refractivity contribution in [2.24, 2.45) is 17.8 Å². The van der Waals surface area contributed by atoms with Crippen molar-refractivity contribution in [3.63, 3.8) is 0 Å². The summed E-state index contributed by atoms with van der Waals surface area (Å²) in [4.78, 5) is 9.56. The predicted molar refractivity (Wildman–Crippen MR) is 80.7 cm³/mol. The molecule has 0 radical (unpaired) electrons. The Hall–Kier alpha value is -1.12. The summed E-state index contributed by atoms with van der Waals surface area (Å²) in [5.74, 6) is 5.02. The van der Waals surface area contributed by atoms with Gasteiger partial charge in [0, 0.05) is 18.2 Å². The highest BCUT2D eigenvalue weighted by Gasteiger charge is 2.53. The number of rotatable bonds is 4. The Morgan fingerprint density at radius 3 is 2.40 bits per heavy atom. The van der Waals surface area contributed by atoms with Crippen LogP contribution in [0.3, 0.4) is 0 Å². The van der Waals surface area contributed by atoms with Crippen molar-refractivity contribution in [3.8, 4) is 0 Å². The minimum atomic E-state index is 0.318. The number of anilines is 1. The maximum Gasteiger partial charge on any atom is 0.136 e. The number of hydrogen-bond donors (Lipinski definition) is 1. The molecule has 3 heteroatoms. The Morgan fingerprint density at radius 2 is 1.80 bits per heavy atom. The largest absolute Gasteiger partial charge is 0.370 e. The van der Waals surface area contributed by atoms with Gasteiger partial charge in [0.05, 0.1) is 0 Å². The van der Waals surface area contributed by atoms with Gasteiger partial charge >= 0.3 is 0 Å². The molecule has 0 saturated heterocycles. The molecular weight excluding hydrogens is 246 g/mol. The second kappa shape index (κ2) is 4.71. The van der Waals surface area contributed by atoms with E-state index < -0.39 is 0 Å². The van der Waals surface area contributed by atoms with Crippen LogP contribution < -0.4 is 5.32 Å². The van der Waals surface area contributed by atoms with E-state index in [2.05, 4.69) is 17.2 Å². The van der Waals surface area contributed by atoms with Gasteiger partial charge in [-0.05, 0) is 68.8 Å². The molecule has 1 heterocycles. The van der Waals surface area contributed by atoms with Gasteiger partial charge in [-0.3, -0.25) is 0 Å². The molecule has 108 valence electrons. The van der Waals surface area contributed by atoms with Crippen molar-refractivity contribution in [1.82, 2.24) is 9.97 Å². The van der Waals surface area contributed by atoms with E-state index in [1.165, 1.54) is 38.5 Å². The van der Waals surface area contributed by atoms with Gasteiger partial charge in [-0.25, -0.2) is 9.97 Å². The van der Waals surface area contributed by atoms with Crippen molar-refractivity contribution in [2.75, 3.05) is 11.9 Å². The molecule has 0 spiro atoms. The van der Waals surface area contributed by atoms with Crippen LogP contribution in [-0.4, -0.2) is 16.5 Å². The standard InChI is InChI=1S/C17H25N3/c1-2-4-18-15-3-5-19-16(20-15)17-9-12-6-13(10-17)8-14(7-12)11-17/h3,5,12-14H,2,4,6-11H2,1H3,(H,18,19,20). The number of aromatic nitrogens is 2. The fourth-order valence-corrected chi connectivity index (χ4v) is 5.35. The van der Waals surface area contributed by atoms with E-state index >= 15 is 0 Å². The Labute approximate surface area is 121 Å². The maximum absolute atomic E-state index is 4.88. The Balaban J connectivity index is 1.63. The normalized spacial score (nSPS) is 38.1. The molecule has 4 aliphatic carbocycles. The first-order valence-corrected chi connectivity index (χ1v) is 8.35. The van der Waals surface area contributed by atoms with Crippen LogP contribution in [0.5, 0.6) is 0 Å². The van der Waals surface area contributed by atoms with E-state index in [4.69, 9.17) is 4.98 Å². The van der Waals surface area contributed by atoms with Gasteiger partial charge in [0.2, 0.25) is 0 Å². The molecule has 4 fully saturated rings. The van der Waals surface area contributed by atoms with Crippen molar-refractivity contribution in [3.05, 3.63) is 18.1 Å². The molecule has 4 bridgehead atoms. The van der Waals surface area contributed by atoms with Crippen molar-refractivity contribution < 1.29 is 0 Å². The lowest BCUT2D eigenvalue weighted by Crippen LogP contribution is -2.49. The van der Waals surface area contributed by atoms with Crippen LogP contribution in [0.15, 0.2) is 12.3 Å². The van der Waals surface area contributed by atoms with Crippen LogP contribution in [0.25, 0.3) is 0 Å². The monoisotopic (exact) mass is 271 g/mol. The Bertz CT molecular complexity index is 461. The van der Waals surface area contributed by atoms with E-state index in [-0.39, 0.29) is 0 Å². The summed E-state index contributed by atoms with van der Waals surface area (Å²) in [5.41, 5.74) is 0.318. The van der Waals surface area contributed by atoms with Crippen molar-refractivity contribution in [1.29, 1.82) is 0 Å². The molecule has 1 N–H and O–H groups in total. The molecule has 0 aliphatic heterocycles. The van der Waals surface area contributed by atoms with E-state index in [1.54, 1.807) is 0 Å². The summed E-state index contributed by atoms with van der Waals surface area (Å²) in [5, 5.41) is 3.42. The first-order chi connectivity index (χ1) is 9.77. The van der Waals surface area contributed by atoms with Crippen LogP contribution in [0.4, 0.5) is 5.82 Å². The molecule has 1 aromatic rings. The molecular formula is C17H25N3. The van der Waals surface area contributed by atoms with Crippen LogP contribution in [0.2, 0.25) is 0 Å². The Morgan fingerprint density at radius 1 is 1.15 bits per heavy atom. The minimum absolute atomic E-state index is 0.318. The number of nitrogens with one attached hydrogen (secondary N) is 1. The van der Waals surface area contributed by atoms with E-state index in [9.17, 15) is 0 Å². The van der Waals surface area contributed by atoms with Gasteiger partial charge in [-0.1, -0.05) is 6.92 Å². The molecule has 20 heavy (non-hydrogen) atoms. The molecule has 0 unspecified atom stereocenters. The highest BCUT2D eigenvalue weighted by Crippen LogP contribution is 2.60. The molecule has 0 atom stereocenters. The molecule has 0 aromatic carbocycles. The summed E-state index contributed by atoms with van der Waals surface area (Å²) in [6.07, 6.45) is 11.6. The molecule has 3 nitrogen and oxygen atoms in total. The lowest BCUT2D eigenvalue weighted by atomic mass is 9.49. The lowest BCUT2D eigenvalue weighted by molar-refractivity contribution is -0.00933. The maximum atomic E-state index is 4.88. The van der Waals surface area contributed by atoms with Crippen molar-refractivity contribution in [2.45, 2.75) is 57.3 Å². The summed E-state index contributed by atoms with van der Waals surface area (Å²) in [7, 11) is 0. The van der Waals surface area contributed by atoms with Gasteiger partial charge < -0.3 is 5.32 Å². The third-order valence-corrected chi connectivity index (χ3v) is 5.72. The zero-order valence-corrected chi connectivity index (χ0v) is 12.4. The quantitative estimate of drug-likeness (QED) is 0.906. The summed E-state index contributed by atoms with van der Waals surface area (Å²) >= 11 is 0. The highest BCUT2D eigenvalue weighted by atomic mass is 15.0. The minimum Gasteiger partial charge on any atom is -0.370 e. The van der Waals surface area contributed by atoms with Crippen LogP contribution >= 0.6 is 0 Å². The van der Waals surface area contributed by atoms with Crippen LogP contribution in [-0.2, 0) is 5.41 Å². The van der Waals surface area contributed by atoms with Crippen LogP contribution in [0, 0.1) is 17.8 Å². The number of hydrogen-bond acceptors (Lipinski definition) is 3. The third kappa shape index (κ3) is 2.02. The van der Waals surface area contributed by atoms with Gasteiger partial charge in [-0.2, -0.15) is 0 Å². The van der Waals surface area contributed by atoms with E-state index in [1.807, 2.05) is 12.3 Å². The molecule has 4 saturated carbocycles. The van der Waals surface area contributed by atoms with E-state index in [0.717, 1.165) is 42.4 Å². The zero-order valence-electron chi connectivity index (χ0n) is 12.4. The van der Waals surface area contributed by atoms with Gasteiger partial charge in [0.15, 0.2) is 0 Å². The predicted octanol–water partition coefficient (Wildman–Crippen LogP) is 3.77. The third-order valence-electron chi connectivity index (χ3n) is 5.72. The average Bonchev–Trinajstić information content (AvgIpc) is 2.44. The van der Waals surface area contributed by atoms with Crippen molar-refractivity contribution >= 4 is 5.82 Å². The molecule has 0 amide bonds. The second-order valence-electron chi connectivity index (χ2n) is 7.39. The topological polar surface area (TPSA) is 37.8 Å². The van der Waals surface area contributed by atoms with Gasteiger partial charge in [0.25, 0.3) is 0 Å². The first-order valence-electron chi connectivity index (χ1n) is 8.35. The fraction of sp³-hybridized carbons (Fsp3) is 0.765. The van der Waals surface area contributed by atoms with E-state index in [0.29, 0.717) is 5.41 Å². The lowest BCUT2D eigenvalue weighted by Gasteiger charge is -2.55.